The van der Waals surface area contributed by atoms with Gasteiger partial charge >= 0.3 is 0 Å². The summed E-state index contributed by atoms with van der Waals surface area (Å²) in [6.07, 6.45) is 1.69. The van der Waals surface area contributed by atoms with E-state index in [0.29, 0.717) is 28.8 Å². The molecule has 0 fully saturated rings. The maximum Gasteiger partial charge on any atom is 0.291 e. The molecule has 1 atom stereocenters. The van der Waals surface area contributed by atoms with Crippen LogP contribution in [0.4, 0.5) is 0 Å². The third-order valence-corrected chi connectivity index (χ3v) is 5.64. The number of hydrogen-bond donors (Lipinski definition) is 0. The Labute approximate surface area is 169 Å². The minimum atomic E-state index is -0.532. The molecule has 1 aliphatic heterocycles. The molecule has 6 nitrogen and oxygen atoms in total. The molecule has 2 aromatic heterocycles. The normalized spacial score (nSPS) is 16.1. The average molecular weight is 391 g/mol. The Bertz CT molecular complexity index is 1100. The molecular formula is C23H25N3O3. The van der Waals surface area contributed by atoms with Crippen LogP contribution >= 0.6 is 0 Å². The molecule has 1 aliphatic rings. The van der Waals surface area contributed by atoms with Crippen LogP contribution in [0.3, 0.4) is 0 Å². The predicted molar refractivity (Wildman–Crippen MR) is 112 cm³/mol. The van der Waals surface area contributed by atoms with Crippen LogP contribution in [0.25, 0.3) is 11.0 Å². The fraction of sp³-hybridized carbons (Fsp3) is 0.348. The van der Waals surface area contributed by atoms with Crippen molar-refractivity contribution in [2.75, 3.05) is 26.2 Å². The van der Waals surface area contributed by atoms with Gasteiger partial charge in [0.25, 0.3) is 5.91 Å². The van der Waals surface area contributed by atoms with Crippen molar-refractivity contribution in [2.45, 2.75) is 26.8 Å². The topological polar surface area (TPSA) is 66.7 Å². The third kappa shape index (κ3) is 3.34. The number of carbonyl (C=O) groups excluding carboxylic acids is 1. The molecular weight excluding hydrogens is 366 g/mol. The van der Waals surface area contributed by atoms with Gasteiger partial charge in [-0.2, -0.15) is 0 Å². The van der Waals surface area contributed by atoms with Crippen LogP contribution in [-0.4, -0.2) is 46.9 Å². The summed E-state index contributed by atoms with van der Waals surface area (Å²) < 4.78 is 5.96. The number of carbonyl (C=O) groups is 1. The first kappa shape index (κ1) is 19.3. The maximum atomic E-state index is 13.4. The number of rotatable bonds is 6. The van der Waals surface area contributed by atoms with Crippen LogP contribution in [0.5, 0.6) is 0 Å². The van der Waals surface area contributed by atoms with E-state index in [0.717, 1.165) is 25.2 Å². The molecule has 0 saturated carbocycles. The van der Waals surface area contributed by atoms with E-state index >= 15 is 0 Å². The molecule has 3 aromatic rings. The summed E-state index contributed by atoms with van der Waals surface area (Å²) in [5.74, 6) is -0.107. The lowest BCUT2D eigenvalue weighted by Gasteiger charge is -2.27. The Morgan fingerprint density at radius 3 is 2.62 bits per heavy atom. The second kappa shape index (κ2) is 7.79. The van der Waals surface area contributed by atoms with Gasteiger partial charge in [-0.25, -0.2) is 0 Å². The molecule has 4 rings (SSSR count). The van der Waals surface area contributed by atoms with Gasteiger partial charge in [0.1, 0.15) is 11.6 Å². The highest BCUT2D eigenvalue weighted by molar-refractivity contribution is 5.99. The fourth-order valence-electron chi connectivity index (χ4n) is 4.00. The monoisotopic (exact) mass is 391 g/mol. The summed E-state index contributed by atoms with van der Waals surface area (Å²) in [5.41, 5.74) is 2.34. The standard InChI is InChI=1S/C23H25N3O3/c1-4-25(5-2)12-13-26-20(17-8-6-7-11-24-17)19-21(27)16-14-15(3)9-10-18(16)29-22(19)23(26)28/h6-11,14,20H,4-5,12-13H2,1-3H3/t20-/m0/s1. The van der Waals surface area contributed by atoms with E-state index in [-0.39, 0.29) is 17.1 Å². The summed E-state index contributed by atoms with van der Waals surface area (Å²) in [7, 11) is 0. The quantitative estimate of drug-likeness (QED) is 0.644. The second-order valence-corrected chi connectivity index (χ2v) is 7.36. The zero-order valence-corrected chi connectivity index (χ0v) is 17.0. The van der Waals surface area contributed by atoms with Crippen molar-refractivity contribution in [1.29, 1.82) is 0 Å². The van der Waals surface area contributed by atoms with E-state index in [1.165, 1.54) is 0 Å². The predicted octanol–water partition coefficient (Wildman–Crippen LogP) is 3.38. The second-order valence-electron chi connectivity index (χ2n) is 7.36. The van der Waals surface area contributed by atoms with Crippen LogP contribution in [0.1, 0.15) is 47.3 Å². The SMILES string of the molecule is CCN(CC)CCN1C(=O)c2oc3ccc(C)cc3c(=O)c2[C@@H]1c1ccccn1. The smallest absolute Gasteiger partial charge is 0.291 e. The van der Waals surface area contributed by atoms with Gasteiger partial charge in [-0.15, -0.1) is 0 Å². The van der Waals surface area contributed by atoms with E-state index in [2.05, 4.69) is 23.7 Å². The molecule has 1 amide bonds. The number of benzene rings is 1. The summed E-state index contributed by atoms with van der Waals surface area (Å²) in [5, 5.41) is 0.503. The molecule has 150 valence electrons. The van der Waals surface area contributed by atoms with Crippen molar-refractivity contribution in [3.63, 3.8) is 0 Å². The van der Waals surface area contributed by atoms with E-state index in [9.17, 15) is 9.59 Å². The molecule has 1 aromatic carbocycles. The van der Waals surface area contributed by atoms with Crippen molar-refractivity contribution in [2.24, 2.45) is 0 Å². The van der Waals surface area contributed by atoms with Crippen molar-refractivity contribution in [1.82, 2.24) is 14.8 Å². The highest BCUT2D eigenvalue weighted by atomic mass is 16.3. The molecule has 0 radical (unpaired) electrons. The number of pyridine rings is 1. The third-order valence-electron chi connectivity index (χ3n) is 5.64. The van der Waals surface area contributed by atoms with Gasteiger partial charge < -0.3 is 14.2 Å². The molecule has 6 heteroatoms. The molecule has 0 saturated heterocycles. The van der Waals surface area contributed by atoms with Crippen molar-refractivity contribution >= 4 is 16.9 Å². The lowest BCUT2D eigenvalue weighted by molar-refractivity contribution is 0.0705. The van der Waals surface area contributed by atoms with E-state index in [1.54, 1.807) is 17.2 Å². The first-order chi connectivity index (χ1) is 14.0. The number of aryl methyl sites for hydroxylation is 1. The number of likely N-dealkylation sites (N-methyl/N-ethyl adjacent to an activating group) is 1. The number of nitrogens with zero attached hydrogens (tertiary/aromatic N) is 3. The minimum absolute atomic E-state index is 0.140. The van der Waals surface area contributed by atoms with Crippen LogP contribution in [0.15, 0.2) is 51.8 Å². The Morgan fingerprint density at radius 1 is 1.14 bits per heavy atom. The molecule has 29 heavy (non-hydrogen) atoms. The van der Waals surface area contributed by atoms with Gasteiger partial charge in [-0.05, 0) is 44.3 Å². The minimum Gasteiger partial charge on any atom is -0.450 e. The van der Waals surface area contributed by atoms with Gasteiger partial charge in [0, 0.05) is 19.3 Å². The Morgan fingerprint density at radius 2 is 1.93 bits per heavy atom. The fourth-order valence-corrected chi connectivity index (χ4v) is 4.00. The molecule has 0 aliphatic carbocycles. The molecule has 0 bridgehead atoms. The van der Waals surface area contributed by atoms with Crippen molar-refractivity contribution in [3.05, 3.63) is 75.4 Å². The van der Waals surface area contributed by atoms with Gasteiger partial charge in [-0.1, -0.05) is 31.5 Å². The summed E-state index contributed by atoms with van der Waals surface area (Å²) in [6.45, 7) is 9.16. The van der Waals surface area contributed by atoms with Gasteiger partial charge in [-0.3, -0.25) is 14.6 Å². The van der Waals surface area contributed by atoms with Crippen LogP contribution in [0, 0.1) is 6.92 Å². The molecule has 0 N–H and O–H groups in total. The average Bonchev–Trinajstić information content (AvgIpc) is 3.02. The summed E-state index contributed by atoms with van der Waals surface area (Å²) >= 11 is 0. The van der Waals surface area contributed by atoms with Crippen molar-refractivity contribution < 1.29 is 9.21 Å². The molecule has 0 spiro atoms. The van der Waals surface area contributed by atoms with Crippen molar-refractivity contribution in [3.8, 4) is 0 Å². The van der Waals surface area contributed by atoms with E-state index < -0.39 is 6.04 Å². The lowest BCUT2D eigenvalue weighted by Crippen LogP contribution is -2.38. The lowest BCUT2D eigenvalue weighted by atomic mass is 10.0. The Hall–Kier alpha value is -2.99. The zero-order valence-electron chi connectivity index (χ0n) is 17.0. The first-order valence-electron chi connectivity index (χ1n) is 10.1. The molecule has 0 unspecified atom stereocenters. The Kier molecular flexibility index (Phi) is 5.20. The highest BCUT2D eigenvalue weighted by Crippen LogP contribution is 2.37. The number of amides is 1. The van der Waals surface area contributed by atoms with Crippen LogP contribution < -0.4 is 5.43 Å². The number of fused-ring (bicyclic) bond motifs is 2. The summed E-state index contributed by atoms with van der Waals surface area (Å²) in [6, 6.07) is 10.5. The van der Waals surface area contributed by atoms with E-state index in [4.69, 9.17) is 4.42 Å². The van der Waals surface area contributed by atoms with Gasteiger partial charge in [0.15, 0.2) is 5.43 Å². The number of aromatic nitrogens is 1. The maximum absolute atomic E-state index is 13.4. The van der Waals surface area contributed by atoms with Crippen LogP contribution in [0.2, 0.25) is 0 Å². The number of hydrogen-bond acceptors (Lipinski definition) is 5. The largest absolute Gasteiger partial charge is 0.450 e. The van der Waals surface area contributed by atoms with Gasteiger partial charge in [0.05, 0.1) is 16.6 Å². The molecule has 3 heterocycles. The van der Waals surface area contributed by atoms with Gasteiger partial charge in [0.2, 0.25) is 5.76 Å². The Balaban J connectivity index is 1.87. The van der Waals surface area contributed by atoms with E-state index in [1.807, 2.05) is 37.3 Å². The first-order valence-corrected chi connectivity index (χ1v) is 10.1. The summed E-state index contributed by atoms with van der Waals surface area (Å²) in [4.78, 5) is 35.1. The zero-order chi connectivity index (χ0) is 20.5. The van der Waals surface area contributed by atoms with Crippen LogP contribution in [-0.2, 0) is 0 Å². The highest BCUT2D eigenvalue weighted by Gasteiger charge is 2.43.